The van der Waals surface area contributed by atoms with Crippen LogP contribution in [0.4, 0.5) is 0 Å². The number of nitrogens with zero attached hydrogens (tertiary/aromatic N) is 5. The topological polar surface area (TPSA) is 75.9 Å². The lowest BCUT2D eigenvalue weighted by Crippen LogP contribution is -2.47. The molecule has 0 saturated carbocycles. The molecule has 1 aromatic heterocycles. The third-order valence-corrected chi connectivity index (χ3v) is 4.56. The summed E-state index contributed by atoms with van der Waals surface area (Å²) >= 11 is 0. The maximum Gasteiger partial charge on any atom is 0.220 e. The normalized spacial score (nSPS) is 18.2. The molecule has 1 saturated heterocycles. The molecule has 25 heavy (non-hydrogen) atoms. The van der Waals surface area contributed by atoms with Crippen LogP contribution in [0.2, 0.25) is 0 Å². The summed E-state index contributed by atoms with van der Waals surface area (Å²) in [6, 6.07) is 10.1. The van der Waals surface area contributed by atoms with Crippen LogP contribution in [0.5, 0.6) is 0 Å². The maximum atomic E-state index is 12.1. The van der Waals surface area contributed by atoms with E-state index < -0.39 is 0 Å². The second kappa shape index (κ2) is 8.71. The number of rotatable bonds is 7. The van der Waals surface area contributed by atoms with Crippen molar-refractivity contribution < 1.29 is 4.79 Å². The number of nitrogens with one attached hydrogen (secondary N) is 1. The van der Waals surface area contributed by atoms with E-state index in [-0.39, 0.29) is 11.9 Å². The largest absolute Gasteiger partial charge is 0.352 e. The van der Waals surface area contributed by atoms with E-state index in [4.69, 9.17) is 0 Å². The molecule has 1 unspecified atom stereocenters. The lowest BCUT2D eigenvalue weighted by molar-refractivity contribution is -0.122. The van der Waals surface area contributed by atoms with E-state index in [1.807, 2.05) is 30.3 Å². The van der Waals surface area contributed by atoms with E-state index in [0.29, 0.717) is 25.2 Å². The first-order valence-corrected chi connectivity index (χ1v) is 9.09. The molecule has 1 amide bonds. The van der Waals surface area contributed by atoms with Gasteiger partial charge >= 0.3 is 0 Å². The van der Waals surface area contributed by atoms with Crippen molar-refractivity contribution in [3.05, 3.63) is 30.3 Å². The zero-order valence-corrected chi connectivity index (χ0v) is 14.8. The van der Waals surface area contributed by atoms with E-state index in [1.54, 1.807) is 4.80 Å². The van der Waals surface area contributed by atoms with Crippen molar-refractivity contribution >= 4 is 5.91 Å². The molecular weight excluding hydrogens is 316 g/mol. The Bertz CT molecular complexity index is 671. The van der Waals surface area contributed by atoms with E-state index in [0.717, 1.165) is 38.0 Å². The second-order valence-electron chi connectivity index (χ2n) is 6.48. The Morgan fingerprint density at radius 1 is 1.32 bits per heavy atom. The van der Waals surface area contributed by atoms with Crippen molar-refractivity contribution in [1.29, 1.82) is 0 Å². The SMILES string of the molecule is CCN1CCCC(NC(=O)CCCn2nnc(-c3ccccc3)n2)C1. The quantitative estimate of drug-likeness (QED) is 0.829. The molecule has 0 radical (unpaired) electrons. The number of tetrazole rings is 1. The first kappa shape index (κ1) is 17.5. The Morgan fingerprint density at radius 2 is 2.16 bits per heavy atom. The molecule has 1 N–H and O–H groups in total. The first-order valence-electron chi connectivity index (χ1n) is 9.09. The van der Waals surface area contributed by atoms with E-state index in [1.165, 1.54) is 0 Å². The monoisotopic (exact) mass is 342 g/mol. The fourth-order valence-electron chi connectivity index (χ4n) is 3.18. The predicted octanol–water partition coefficient (Wildman–Crippen LogP) is 1.72. The Morgan fingerprint density at radius 3 is 2.96 bits per heavy atom. The molecule has 1 aliphatic rings. The molecule has 134 valence electrons. The van der Waals surface area contributed by atoms with Gasteiger partial charge in [0.25, 0.3) is 0 Å². The van der Waals surface area contributed by atoms with Gasteiger partial charge in [-0.1, -0.05) is 37.3 Å². The number of amides is 1. The average molecular weight is 342 g/mol. The van der Waals surface area contributed by atoms with Crippen molar-refractivity contribution in [3.8, 4) is 11.4 Å². The summed E-state index contributed by atoms with van der Waals surface area (Å²) in [6.07, 6.45) is 3.43. The number of hydrogen-bond acceptors (Lipinski definition) is 5. The average Bonchev–Trinajstić information content (AvgIpc) is 3.11. The highest BCUT2D eigenvalue weighted by Gasteiger charge is 2.20. The van der Waals surface area contributed by atoms with Crippen molar-refractivity contribution in [1.82, 2.24) is 30.4 Å². The number of aromatic nitrogens is 4. The number of piperidine rings is 1. The van der Waals surface area contributed by atoms with Crippen LogP contribution in [-0.2, 0) is 11.3 Å². The Labute approximate surface area is 148 Å². The van der Waals surface area contributed by atoms with E-state index in [9.17, 15) is 4.79 Å². The zero-order valence-electron chi connectivity index (χ0n) is 14.8. The molecule has 1 fully saturated rings. The lowest BCUT2D eigenvalue weighted by atomic mass is 10.1. The Hall–Kier alpha value is -2.28. The van der Waals surface area contributed by atoms with Crippen LogP contribution >= 0.6 is 0 Å². The van der Waals surface area contributed by atoms with Gasteiger partial charge in [-0.3, -0.25) is 4.79 Å². The molecule has 0 bridgehead atoms. The molecular formula is C18H26N6O. The Kier molecular flexibility index (Phi) is 6.11. The minimum atomic E-state index is 0.117. The standard InChI is InChI=1S/C18H26N6O/c1-2-23-12-6-10-16(14-23)19-17(25)11-7-13-24-21-18(20-22-24)15-8-4-3-5-9-15/h3-5,8-9,16H,2,6-7,10-14H2,1H3,(H,19,25). The molecule has 0 aliphatic carbocycles. The molecule has 7 heteroatoms. The van der Waals surface area contributed by atoms with Gasteiger partial charge in [-0.2, -0.15) is 4.80 Å². The van der Waals surface area contributed by atoms with Gasteiger partial charge in [-0.25, -0.2) is 0 Å². The third-order valence-electron chi connectivity index (χ3n) is 4.56. The predicted molar refractivity (Wildman–Crippen MR) is 95.8 cm³/mol. The second-order valence-corrected chi connectivity index (χ2v) is 6.48. The van der Waals surface area contributed by atoms with Gasteiger partial charge in [0, 0.05) is 24.6 Å². The molecule has 0 spiro atoms. The highest BCUT2D eigenvalue weighted by Crippen LogP contribution is 2.12. The summed E-state index contributed by atoms with van der Waals surface area (Å²) in [5.41, 5.74) is 0.948. The lowest BCUT2D eigenvalue weighted by Gasteiger charge is -2.32. The van der Waals surface area contributed by atoms with E-state index in [2.05, 4.69) is 32.6 Å². The van der Waals surface area contributed by atoms with Crippen molar-refractivity contribution in [3.63, 3.8) is 0 Å². The molecule has 2 heterocycles. The minimum absolute atomic E-state index is 0.117. The van der Waals surface area contributed by atoms with Crippen LogP contribution < -0.4 is 5.32 Å². The summed E-state index contributed by atoms with van der Waals surface area (Å²) in [6.45, 7) is 5.92. The number of carbonyl (C=O) groups excluding carboxylic acids is 1. The first-order chi connectivity index (χ1) is 12.2. The number of aryl methyl sites for hydroxylation is 1. The smallest absolute Gasteiger partial charge is 0.220 e. The summed E-state index contributed by atoms with van der Waals surface area (Å²) in [7, 11) is 0. The van der Waals surface area contributed by atoms with Crippen LogP contribution in [0.3, 0.4) is 0 Å². The fourth-order valence-corrected chi connectivity index (χ4v) is 3.18. The number of carbonyl (C=O) groups is 1. The number of likely N-dealkylation sites (tertiary alicyclic amines) is 1. The number of benzene rings is 1. The van der Waals surface area contributed by atoms with Crippen LogP contribution in [0, 0.1) is 0 Å². The van der Waals surface area contributed by atoms with Gasteiger partial charge in [0.2, 0.25) is 11.7 Å². The van der Waals surface area contributed by atoms with Gasteiger partial charge in [-0.15, -0.1) is 10.2 Å². The minimum Gasteiger partial charge on any atom is -0.352 e. The summed E-state index contributed by atoms with van der Waals surface area (Å²) in [5.74, 6) is 0.735. The zero-order chi connectivity index (χ0) is 17.5. The van der Waals surface area contributed by atoms with Crippen LogP contribution in [0.25, 0.3) is 11.4 Å². The molecule has 7 nitrogen and oxygen atoms in total. The van der Waals surface area contributed by atoms with Gasteiger partial charge in [-0.05, 0) is 37.6 Å². The molecule has 2 aromatic rings. The van der Waals surface area contributed by atoms with Crippen LogP contribution in [0.15, 0.2) is 30.3 Å². The van der Waals surface area contributed by atoms with Crippen molar-refractivity contribution in [2.24, 2.45) is 0 Å². The van der Waals surface area contributed by atoms with Gasteiger partial charge in [0.05, 0.1) is 6.54 Å². The highest BCUT2D eigenvalue weighted by molar-refractivity contribution is 5.76. The Balaban J connectivity index is 1.41. The fraction of sp³-hybridized carbons (Fsp3) is 0.556. The van der Waals surface area contributed by atoms with Crippen molar-refractivity contribution in [2.75, 3.05) is 19.6 Å². The van der Waals surface area contributed by atoms with Crippen LogP contribution in [0.1, 0.15) is 32.6 Å². The molecule has 1 aliphatic heterocycles. The summed E-state index contributed by atoms with van der Waals surface area (Å²) < 4.78 is 0. The summed E-state index contributed by atoms with van der Waals surface area (Å²) in [5, 5.41) is 15.7. The van der Waals surface area contributed by atoms with Crippen LogP contribution in [-0.4, -0.2) is 56.7 Å². The van der Waals surface area contributed by atoms with Gasteiger partial charge in [0.15, 0.2) is 0 Å². The molecule has 3 rings (SSSR count). The molecule has 1 atom stereocenters. The maximum absolute atomic E-state index is 12.1. The van der Waals surface area contributed by atoms with E-state index >= 15 is 0 Å². The van der Waals surface area contributed by atoms with Crippen molar-refractivity contribution in [2.45, 2.75) is 45.2 Å². The molecule has 1 aromatic carbocycles. The highest BCUT2D eigenvalue weighted by atomic mass is 16.1. The number of hydrogen-bond donors (Lipinski definition) is 1. The van der Waals surface area contributed by atoms with Gasteiger partial charge < -0.3 is 10.2 Å². The number of likely N-dealkylation sites (N-methyl/N-ethyl adjacent to an activating group) is 1. The third kappa shape index (κ3) is 5.09. The summed E-state index contributed by atoms with van der Waals surface area (Å²) in [4.78, 5) is 16.1. The van der Waals surface area contributed by atoms with Gasteiger partial charge in [0.1, 0.15) is 0 Å².